The van der Waals surface area contributed by atoms with Gasteiger partial charge in [0.05, 0.1) is 13.2 Å². The van der Waals surface area contributed by atoms with Crippen LogP contribution in [0.5, 0.6) is 0 Å². The lowest BCUT2D eigenvalue weighted by Crippen LogP contribution is -2.38. The minimum Gasteiger partial charge on any atom is -0.381 e. The summed E-state index contributed by atoms with van der Waals surface area (Å²) in [6.45, 7) is 5.86. The monoisotopic (exact) mass is 342 g/mol. The number of fused-ring (bicyclic) bond motifs is 1. The van der Waals surface area contributed by atoms with Gasteiger partial charge in [0.1, 0.15) is 0 Å². The summed E-state index contributed by atoms with van der Waals surface area (Å²) < 4.78 is 5.84. The minimum atomic E-state index is 0.226. The molecule has 3 aliphatic rings. The highest BCUT2D eigenvalue weighted by Gasteiger charge is 2.41. The zero-order valence-electron chi connectivity index (χ0n) is 15.0. The van der Waals surface area contributed by atoms with Crippen LogP contribution < -0.4 is 5.32 Å². The number of amides is 1. The van der Waals surface area contributed by atoms with Crippen molar-refractivity contribution in [3.05, 3.63) is 35.9 Å². The molecule has 1 aliphatic carbocycles. The van der Waals surface area contributed by atoms with Crippen LogP contribution in [-0.4, -0.2) is 50.2 Å². The molecule has 1 N–H and O–H groups in total. The number of hydrogen-bond acceptors (Lipinski definition) is 3. The largest absolute Gasteiger partial charge is 0.381 e. The molecule has 4 rings (SSSR count). The maximum absolute atomic E-state index is 12.2. The van der Waals surface area contributed by atoms with Gasteiger partial charge in [0.15, 0.2) is 0 Å². The maximum Gasteiger partial charge on any atom is 0.220 e. The molecule has 2 aliphatic heterocycles. The number of nitrogens with one attached hydrogen (secondary N) is 1. The van der Waals surface area contributed by atoms with Crippen molar-refractivity contribution < 1.29 is 9.53 Å². The van der Waals surface area contributed by atoms with Crippen LogP contribution >= 0.6 is 0 Å². The van der Waals surface area contributed by atoms with Gasteiger partial charge < -0.3 is 15.0 Å². The molecule has 4 nitrogen and oxygen atoms in total. The second-order valence-electron chi connectivity index (χ2n) is 8.17. The fourth-order valence-corrected chi connectivity index (χ4v) is 4.41. The molecule has 3 atom stereocenters. The first kappa shape index (κ1) is 17.0. The standard InChI is InChI=1S/C21H30N2O2/c24-21(22-11-17-6-7-17)10-18-14-25-15-19-12-23(13-20(18)19)9-8-16-4-2-1-3-5-16/h1-5,17-20H,6-15H2,(H,22,24)/t18-,19-,20+/m1/s1. The number of rotatable bonds is 7. The number of carbonyl (C=O) groups excluding carboxylic acids is 1. The number of likely N-dealkylation sites (tertiary alicyclic amines) is 1. The summed E-state index contributed by atoms with van der Waals surface area (Å²) in [4.78, 5) is 14.8. The fourth-order valence-electron chi connectivity index (χ4n) is 4.41. The minimum absolute atomic E-state index is 0.226. The molecule has 0 radical (unpaired) electrons. The molecule has 3 fully saturated rings. The molecule has 1 amide bonds. The summed E-state index contributed by atoms with van der Waals surface area (Å²) in [5.74, 6) is 2.59. The number of benzene rings is 1. The van der Waals surface area contributed by atoms with Crippen molar-refractivity contribution in [2.24, 2.45) is 23.7 Å². The predicted molar refractivity (Wildman–Crippen MR) is 98.2 cm³/mol. The van der Waals surface area contributed by atoms with E-state index in [0.29, 0.717) is 24.2 Å². The van der Waals surface area contributed by atoms with Gasteiger partial charge in [0.2, 0.25) is 5.91 Å². The predicted octanol–water partition coefficient (Wildman–Crippen LogP) is 2.34. The van der Waals surface area contributed by atoms with E-state index in [2.05, 4.69) is 40.5 Å². The molecule has 136 valence electrons. The van der Waals surface area contributed by atoms with Gasteiger partial charge in [-0.2, -0.15) is 0 Å². The molecule has 1 aromatic rings. The Bertz CT molecular complexity index is 573. The van der Waals surface area contributed by atoms with Gasteiger partial charge >= 0.3 is 0 Å². The van der Waals surface area contributed by atoms with Crippen molar-refractivity contribution in [3.8, 4) is 0 Å². The van der Waals surface area contributed by atoms with E-state index in [1.807, 2.05) is 0 Å². The van der Waals surface area contributed by atoms with Crippen LogP contribution in [0.2, 0.25) is 0 Å². The topological polar surface area (TPSA) is 41.6 Å². The van der Waals surface area contributed by atoms with Crippen molar-refractivity contribution in [2.45, 2.75) is 25.7 Å². The molecule has 0 bridgehead atoms. The highest BCUT2D eigenvalue weighted by molar-refractivity contribution is 5.76. The highest BCUT2D eigenvalue weighted by atomic mass is 16.5. The second-order valence-corrected chi connectivity index (χ2v) is 8.17. The van der Waals surface area contributed by atoms with Crippen molar-refractivity contribution in [1.29, 1.82) is 0 Å². The van der Waals surface area contributed by atoms with Crippen molar-refractivity contribution in [1.82, 2.24) is 10.2 Å². The smallest absolute Gasteiger partial charge is 0.220 e. The Morgan fingerprint density at radius 3 is 2.80 bits per heavy atom. The summed E-state index contributed by atoms with van der Waals surface area (Å²) in [5, 5.41) is 3.12. The van der Waals surface area contributed by atoms with E-state index in [0.717, 1.165) is 51.7 Å². The second kappa shape index (κ2) is 7.88. The summed E-state index contributed by atoms with van der Waals surface area (Å²) in [6.07, 6.45) is 4.32. The van der Waals surface area contributed by atoms with E-state index in [-0.39, 0.29) is 5.91 Å². The highest BCUT2D eigenvalue weighted by Crippen LogP contribution is 2.36. The average molecular weight is 342 g/mol. The molecule has 1 aromatic carbocycles. The van der Waals surface area contributed by atoms with Crippen LogP contribution in [0.1, 0.15) is 24.8 Å². The Labute approximate surface area is 150 Å². The number of ether oxygens (including phenoxy) is 1. The van der Waals surface area contributed by atoms with E-state index in [9.17, 15) is 4.79 Å². The van der Waals surface area contributed by atoms with E-state index in [1.165, 1.54) is 18.4 Å². The molecule has 2 heterocycles. The first-order chi connectivity index (χ1) is 12.3. The van der Waals surface area contributed by atoms with Crippen molar-refractivity contribution in [3.63, 3.8) is 0 Å². The Morgan fingerprint density at radius 1 is 1.16 bits per heavy atom. The number of nitrogens with zero attached hydrogens (tertiary/aromatic N) is 1. The molecule has 0 unspecified atom stereocenters. The van der Waals surface area contributed by atoms with Gasteiger partial charge in [-0.05, 0) is 48.5 Å². The van der Waals surface area contributed by atoms with Crippen LogP contribution in [0, 0.1) is 23.7 Å². The third kappa shape index (κ3) is 4.62. The Balaban J connectivity index is 1.26. The molecule has 25 heavy (non-hydrogen) atoms. The quantitative estimate of drug-likeness (QED) is 0.827. The zero-order chi connectivity index (χ0) is 17.1. The number of carbonyl (C=O) groups is 1. The first-order valence-electron chi connectivity index (χ1n) is 9.88. The maximum atomic E-state index is 12.2. The van der Waals surface area contributed by atoms with E-state index < -0.39 is 0 Å². The third-order valence-corrected chi connectivity index (χ3v) is 6.13. The molecule has 0 aromatic heterocycles. The average Bonchev–Trinajstić information content (AvgIpc) is 3.37. The summed E-state index contributed by atoms with van der Waals surface area (Å²) in [6, 6.07) is 10.7. The molecular formula is C21H30N2O2. The summed E-state index contributed by atoms with van der Waals surface area (Å²) >= 11 is 0. The van der Waals surface area contributed by atoms with Gasteiger partial charge in [-0.15, -0.1) is 0 Å². The molecule has 1 saturated carbocycles. The van der Waals surface area contributed by atoms with Gasteiger partial charge in [-0.3, -0.25) is 4.79 Å². The number of hydrogen-bond donors (Lipinski definition) is 1. The summed E-state index contributed by atoms with van der Waals surface area (Å²) in [5.41, 5.74) is 1.41. The lowest BCUT2D eigenvalue weighted by atomic mass is 9.81. The van der Waals surface area contributed by atoms with Gasteiger partial charge in [0, 0.05) is 32.6 Å². The molecule has 2 saturated heterocycles. The first-order valence-corrected chi connectivity index (χ1v) is 9.88. The van der Waals surface area contributed by atoms with E-state index in [4.69, 9.17) is 4.74 Å². The van der Waals surface area contributed by atoms with Crippen LogP contribution in [0.3, 0.4) is 0 Å². The Morgan fingerprint density at radius 2 is 2.00 bits per heavy atom. The van der Waals surface area contributed by atoms with Crippen molar-refractivity contribution in [2.75, 3.05) is 39.4 Å². The third-order valence-electron chi connectivity index (χ3n) is 6.13. The van der Waals surface area contributed by atoms with Crippen molar-refractivity contribution >= 4 is 5.91 Å². The van der Waals surface area contributed by atoms with Crippen LogP contribution in [0.15, 0.2) is 30.3 Å². The lowest BCUT2D eigenvalue weighted by molar-refractivity contribution is -0.124. The van der Waals surface area contributed by atoms with Crippen LogP contribution in [-0.2, 0) is 16.0 Å². The molecular weight excluding hydrogens is 312 g/mol. The fraction of sp³-hybridized carbons (Fsp3) is 0.667. The molecule has 4 heteroatoms. The molecule has 0 spiro atoms. The SMILES string of the molecule is O=C(C[C@@H]1COC[C@H]2CN(CCc3ccccc3)C[C@@H]12)NCC1CC1. The van der Waals surface area contributed by atoms with E-state index in [1.54, 1.807) is 0 Å². The van der Waals surface area contributed by atoms with Crippen LogP contribution in [0.4, 0.5) is 0 Å². The normalized spacial score (nSPS) is 29.4. The lowest BCUT2D eigenvalue weighted by Gasteiger charge is -2.32. The zero-order valence-corrected chi connectivity index (χ0v) is 15.0. The van der Waals surface area contributed by atoms with Gasteiger partial charge in [0.25, 0.3) is 0 Å². The Hall–Kier alpha value is -1.39. The summed E-state index contributed by atoms with van der Waals surface area (Å²) in [7, 11) is 0. The van der Waals surface area contributed by atoms with Gasteiger partial charge in [-0.25, -0.2) is 0 Å². The van der Waals surface area contributed by atoms with E-state index >= 15 is 0 Å². The van der Waals surface area contributed by atoms with Gasteiger partial charge in [-0.1, -0.05) is 30.3 Å². The Kier molecular flexibility index (Phi) is 5.37. The van der Waals surface area contributed by atoms with Crippen LogP contribution in [0.25, 0.3) is 0 Å².